The Bertz CT molecular complexity index is 907. The van der Waals surface area contributed by atoms with Gasteiger partial charge in [-0.1, -0.05) is 12.8 Å². The first-order chi connectivity index (χ1) is 14.3. The monoisotopic (exact) mass is 491 g/mol. The van der Waals surface area contributed by atoms with E-state index < -0.39 is 28.6 Å². The SMILES string of the molecule is Cc1oc(=O)oc1COC(=O)[C@@H]1N2C(=O)[C@@H](N=CN3CCCCCC3)[C@H]2SC1(C)C.Cl.O. The maximum Gasteiger partial charge on any atom is 0.519 e. The Hall–Kier alpha value is -1.98. The molecule has 4 heterocycles. The van der Waals surface area contributed by atoms with Crippen molar-refractivity contribution >= 4 is 42.4 Å². The highest BCUT2D eigenvalue weighted by molar-refractivity contribution is 8.01. The molecule has 32 heavy (non-hydrogen) atoms. The van der Waals surface area contributed by atoms with Gasteiger partial charge in [0.1, 0.15) is 11.4 Å². The summed E-state index contributed by atoms with van der Waals surface area (Å²) in [6.07, 6.45) is 6.57. The number of thioether (sulfide) groups is 1. The van der Waals surface area contributed by atoms with Crippen LogP contribution >= 0.6 is 24.2 Å². The molecule has 2 N–H and O–H groups in total. The van der Waals surface area contributed by atoms with E-state index in [4.69, 9.17) is 13.6 Å². The fourth-order valence-corrected chi connectivity index (χ4v) is 5.83. The molecule has 0 aromatic carbocycles. The van der Waals surface area contributed by atoms with Crippen molar-refractivity contribution in [2.75, 3.05) is 13.1 Å². The van der Waals surface area contributed by atoms with E-state index in [-0.39, 0.29) is 47.3 Å². The zero-order valence-electron chi connectivity index (χ0n) is 18.4. The summed E-state index contributed by atoms with van der Waals surface area (Å²) in [6.45, 7) is 7.13. The number of fused-ring (bicyclic) bond motifs is 1. The maximum atomic E-state index is 12.8. The molecule has 180 valence electrons. The zero-order chi connectivity index (χ0) is 21.5. The highest BCUT2D eigenvalue weighted by atomic mass is 35.5. The molecule has 3 fully saturated rings. The van der Waals surface area contributed by atoms with Crippen molar-refractivity contribution in [2.45, 2.75) is 75.3 Å². The summed E-state index contributed by atoms with van der Waals surface area (Å²) in [4.78, 5) is 45.1. The van der Waals surface area contributed by atoms with Gasteiger partial charge in [-0.25, -0.2) is 9.59 Å². The number of β-lactam (4-membered cyclic amide) rings is 1. The van der Waals surface area contributed by atoms with Crippen molar-refractivity contribution in [1.82, 2.24) is 9.80 Å². The van der Waals surface area contributed by atoms with Crippen molar-refractivity contribution in [3.8, 4) is 0 Å². The fourth-order valence-electron chi connectivity index (χ4n) is 4.21. The number of aliphatic imine (C=N–C) groups is 1. The molecule has 3 saturated heterocycles. The van der Waals surface area contributed by atoms with E-state index in [0.717, 1.165) is 25.9 Å². The van der Waals surface area contributed by atoms with Gasteiger partial charge < -0.3 is 28.8 Å². The van der Waals surface area contributed by atoms with Crippen LogP contribution in [0.4, 0.5) is 0 Å². The standard InChI is InChI=1S/C20H27N3O6S.ClH.H2O/c1-12-13(29-19(26)28-12)10-27-18(25)15-20(2,3)30-17-14(16(24)23(15)17)21-11-22-8-6-4-5-7-9-22;;/h11,14-15,17H,4-10H2,1-3H3;1H;1H2/t14-,15+,17-;;/m1../s1. The minimum absolute atomic E-state index is 0. The number of ether oxygens (including phenoxy) is 1. The molecule has 0 saturated carbocycles. The number of rotatable bonds is 5. The van der Waals surface area contributed by atoms with Gasteiger partial charge in [0.05, 0.1) is 6.34 Å². The quantitative estimate of drug-likeness (QED) is 0.261. The minimum Gasteiger partial charge on any atom is -0.456 e. The lowest BCUT2D eigenvalue weighted by Crippen LogP contribution is -2.65. The van der Waals surface area contributed by atoms with E-state index in [9.17, 15) is 14.4 Å². The van der Waals surface area contributed by atoms with Crippen LogP contribution in [0.3, 0.4) is 0 Å². The summed E-state index contributed by atoms with van der Waals surface area (Å²) in [5.41, 5.74) is 0. The topological polar surface area (TPSA) is 137 Å². The van der Waals surface area contributed by atoms with Crippen LogP contribution < -0.4 is 5.82 Å². The van der Waals surface area contributed by atoms with Crippen LogP contribution in [-0.4, -0.2) is 68.8 Å². The Morgan fingerprint density at radius 2 is 1.88 bits per heavy atom. The second-order valence-corrected chi connectivity index (χ2v) is 10.2. The number of amides is 1. The Kier molecular flexibility index (Phi) is 8.46. The van der Waals surface area contributed by atoms with Crippen molar-refractivity contribution in [3.05, 3.63) is 22.1 Å². The van der Waals surface area contributed by atoms with Crippen LogP contribution in [0, 0.1) is 6.92 Å². The number of carbonyl (C=O) groups is 2. The largest absolute Gasteiger partial charge is 0.519 e. The molecule has 12 heteroatoms. The number of aryl methyl sites for hydroxylation is 1. The van der Waals surface area contributed by atoms with Gasteiger partial charge >= 0.3 is 11.8 Å². The lowest BCUT2D eigenvalue weighted by Gasteiger charge is -2.41. The smallest absolute Gasteiger partial charge is 0.456 e. The molecular formula is C20H30ClN3O7S. The lowest BCUT2D eigenvalue weighted by molar-refractivity contribution is -0.163. The van der Waals surface area contributed by atoms with E-state index in [1.165, 1.54) is 12.8 Å². The first-order valence-electron chi connectivity index (χ1n) is 10.3. The van der Waals surface area contributed by atoms with E-state index in [0.29, 0.717) is 0 Å². The number of nitrogens with zero attached hydrogens (tertiary/aromatic N) is 3. The molecule has 1 aromatic rings. The Labute approximate surface area is 196 Å². The van der Waals surface area contributed by atoms with Crippen LogP contribution in [0.1, 0.15) is 51.1 Å². The average Bonchev–Trinajstić information content (AvgIpc) is 2.99. The predicted octanol–water partition coefficient (Wildman–Crippen LogP) is 1.52. The molecule has 4 rings (SSSR count). The first-order valence-corrected chi connectivity index (χ1v) is 11.2. The molecule has 3 atom stereocenters. The fraction of sp³-hybridized carbons (Fsp3) is 0.700. The number of carbonyl (C=O) groups excluding carboxylic acids is 2. The second-order valence-electron chi connectivity index (χ2n) is 8.46. The van der Waals surface area contributed by atoms with Crippen LogP contribution in [-0.2, 0) is 20.9 Å². The number of hydrogen-bond acceptors (Lipinski definition) is 8. The van der Waals surface area contributed by atoms with Crippen molar-refractivity contribution in [3.63, 3.8) is 0 Å². The minimum atomic E-state index is -0.835. The van der Waals surface area contributed by atoms with Gasteiger partial charge in [0.2, 0.25) is 0 Å². The Morgan fingerprint density at radius 1 is 1.22 bits per heavy atom. The molecule has 1 amide bonds. The van der Waals surface area contributed by atoms with Crippen molar-refractivity contribution in [2.24, 2.45) is 4.99 Å². The summed E-state index contributed by atoms with van der Waals surface area (Å²) in [6, 6.07) is -1.19. The zero-order valence-corrected chi connectivity index (χ0v) is 20.0. The molecule has 0 bridgehead atoms. The number of likely N-dealkylation sites (tertiary alicyclic amines) is 1. The van der Waals surface area contributed by atoms with Gasteiger partial charge in [-0.3, -0.25) is 9.79 Å². The molecule has 3 aliphatic heterocycles. The van der Waals surface area contributed by atoms with Gasteiger partial charge in [-0.05, 0) is 33.6 Å². The van der Waals surface area contributed by atoms with Gasteiger partial charge in [-0.2, -0.15) is 0 Å². The summed E-state index contributed by atoms with van der Waals surface area (Å²) in [7, 11) is 0. The molecule has 10 nitrogen and oxygen atoms in total. The van der Waals surface area contributed by atoms with Crippen LogP contribution in [0.2, 0.25) is 0 Å². The number of esters is 1. The van der Waals surface area contributed by atoms with E-state index in [2.05, 4.69) is 9.89 Å². The first kappa shape index (κ1) is 26.3. The summed E-state index contributed by atoms with van der Waals surface area (Å²) in [5.74, 6) is -1.08. The van der Waals surface area contributed by atoms with Crippen LogP contribution in [0.25, 0.3) is 0 Å². The van der Waals surface area contributed by atoms with Crippen LogP contribution in [0.15, 0.2) is 18.6 Å². The molecule has 0 spiro atoms. The molecule has 3 aliphatic rings. The van der Waals surface area contributed by atoms with E-state index >= 15 is 0 Å². The number of hydrogen-bond donors (Lipinski definition) is 0. The van der Waals surface area contributed by atoms with Crippen molar-refractivity contribution < 1.29 is 28.6 Å². The highest BCUT2D eigenvalue weighted by Gasteiger charge is 2.64. The third-order valence-electron chi connectivity index (χ3n) is 5.85. The third kappa shape index (κ3) is 4.99. The van der Waals surface area contributed by atoms with Gasteiger partial charge in [-0.15, -0.1) is 24.2 Å². The highest BCUT2D eigenvalue weighted by Crippen LogP contribution is 2.52. The molecule has 0 radical (unpaired) electrons. The van der Waals surface area contributed by atoms with E-state index in [1.807, 2.05) is 20.2 Å². The van der Waals surface area contributed by atoms with Gasteiger partial charge in [0, 0.05) is 17.8 Å². The Balaban J connectivity index is 0.00000181. The second kappa shape index (κ2) is 10.3. The number of halogens is 1. The van der Waals surface area contributed by atoms with Crippen LogP contribution in [0.5, 0.6) is 0 Å². The van der Waals surface area contributed by atoms with Gasteiger partial charge in [0.15, 0.2) is 24.2 Å². The molecule has 0 unspecified atom stereocenters. The lowest BCUT2D eigenvalue weighted by atomic mass is 9.96. The molecular weight excluding hydrogens is 462 g/mol. The normalized spacial score (nSPS) is 26.6. The summed E-state index contributed by atoms with van der Waals surface area (Å²) >= 11 is 1.57. The molecule has 1 aromatic heterocycles. The summed E-state index contributed by atoms with van der Waals surface area (Å²) in [5, 5.41) is -0.179. The van der Waals surface area contributed by atoms with Crippen molar-refractivity contribution in [1.29, 1.82) is 0 Å². The predicted molar refractivity (Wildman–Crippen MR) is 121 cm³/mol. The van der Waals surface area contributed by atoms with Gasteiger partial charge in [0.25, 0.3) is 5.91 Å². The summed E-state index contributed by atoms with van der Waals surface area (Å²) < 4.78 is 14.5. The Morgan fingerprint density at radius 3 is 2.47 bits per heavy atom. The molecule has 0 aliphatic carbocycles. The van der Waals surface area contributed by atoms with E-state index in [1.54, 1.807) is 23.6 Å². The average molecular weight is 492 g/mol. The maximum absolute atomic E-state index is 12.8. The third-order valence-corrected chi connectivity index (χ3v) is 7.41.